The van der Waals surface area contributed by atoms with Crippen molar-refractivity contribution in [3.8, 4) is 0 Å². The van der Waals surface area contributed by atoms with Gasteiger partial charge in [0.1, 0.15) is 0 Å². The molecular formula is C9H19AlO. The third-order valence-electron chi connectivity index (χ3n) is 1.74. The van der Waals surface area contributed by atoms with Crippen LogP contribution in [0.15, 0.2) is 0 Å². The van der Waals surface area contributed by atoms with Gasteiger partial charge in [-0.15, -0.1) is 0 Å². The molecule has 0 unspecified atom stereocenters. The van der Waals surface area contributed by atoms with Gasteiger partial charge in [-0.05, 0) is 0 Å². The van der Waals surface area contributed by atoms with Crippen molar-refractivity contribution in [3.63, 3.8) is 0 Å². The molecule has 0 bridgehead atoms. The van der Waals surface area contributed by atoms with E-state index in [1.54, 1.807) is 0 Å². The van der Waals surface area contributed by atoms with Crippen molar-refractivity contribution < 1.29 is 4.79 Å². The Kier molecular flexibility index (Phi) is 5.91. The number of carbonyl (C=O) groups excluding carboxylic acids is 1. The first kappa shape index (κ1) is 11.2. The summed E-state index contributed by atoms with van der Waals surface area (Å²) in [5.74, 6) is 1.41. The molecule has 0 aliphatic rings. The number of hydrogen-bond donors (Lipinski definition) is 0. The summed E-state index contributed by atoms with van der Waals surface area (Å²) in [5.41, 5.74) is 0. The van der Waals surface area contributed by atoms with Gasteiger partial charge in [-0.25, -0.2) is 0 Å². The fourth-order valence-electron chi connectivity index (χ4n) is 1.42. The van der Waals surface area contributed by atoms with E-state index in [0.29, 0.717) is 11.8 Å². The van der Waals surface area contributed by atoms with Crippen molar-refractivity contribution in [3.05, 3.63) is 0 Å². The van der Waals surface area contributed by atoms with E-state index in [-0.39, 0.29) is 0 Å². The molecule has 0 rings (SSSR count). The molecule has 0 aliphatic carbocycles. The molecule has 0 aromatic rings. The average molecular weight is 170 g/mol. The summed E-state index contributed by atoms with van der Waals surface area (Å²) >= 11 is -1.01. The summed E-state index contributed by atoms with van der Waals surface area (Å²) in [4.78, 5) is 10.6. The van der Waals surface area contributed by atoms with Crippen LogP contribution in [0, 0.1) is 11.8 Å². The van der Waals surface area contributed by atoms with Crippen LogP contribution in [0.25, 0.3) is 0 Å². The highest BCUT2D eigenvalue weighted by Gasteiger charge is 2.19. The zero-order valence-electron chi connectivity index (χ0n) is 8.13. The van der Waals surface area contributed by atoms with Gasteiger partial charge in [0, 0.05) is 5.15 Å². The molecule has 11 heavy (non-hydrogen) atoms. The maximum atomic E-state index is 10.6. The van der Waals surface area contributed by atoms with Crippen LogP contribution in [-0.2, 0) is 4.79 Å². The monoisotopic (exact) mass is 170 g/mol. The summed E-state index contributed by atoms with van der Waals surface area (Å²) in [5, 5.41) is 3.61. The second-order valence-electron chi connectivity index (χ2n) is 4.16. The Morgan fingerprint density at radius 2 is 1.45 bits per heavy atom. The molecule has 2 heteroatoms. The van der Waals surface area contributed by atoms with Gasteiger partial charge < -0.3 is 4.79 Å². The molecule has 0 atom stereocenters. The van der Waals surface area contributed by atoms with E-state index in [2.05, 4.69) is 27.7 Å². The SMILES string of the molecule is CC(C)[CH2][Al]([CH]=O)[CH2]C(C)C. The topological polar surface area (TPSA) is 17.1 Å². The van der Waals surface area contributed by atoms with E-state index in [1.807, 2.05) is 0 Å². The minimum absolute atomic E-state index is 0.704. The highest BCUT2D eigenvalue weighted by Crippen LogP contribution is 2.12. The maximum absolute atomic E-state index is 10.6. The zero-order chi connectivity index (χ0) is 8.85. The van der Waals surface area contributed by atoms with E-state index in [1.165, 1.54) is 15.7 Å². The van der Waals surface area contributed by atoms with E-state index in [9.17, 15) is 4.79 Å². The molecule has 0 saturated heterocycles. The fraction of sp³-hybridized carbons (Fsp3) is 0.889. The lowest BCUT2D eigenvalue weighted by molar-refractivity contribution is 0.565. The summed E-state index contributed by atoms with van der Waals surface area (Å²) in [6, 6.07) is 0. The predicted molar refractivity (Wildman–Crippen MR) is 51.8 cm³/mol. The molecule has 0 N–H and O–H groups in total. The van der Waals surface area contributed by atoms with Crippen molar-refractivity contribution in [1.82, 2.24) is 0 Å². The first-order valence-electron chi connectivity index (χ1n) is 4.51. The number of carbonyl (C=O) groups is 1. The molecule has 0 aromatic carbocycles. The van der Waals surface area contributed by atoms with Crippen LogP contribution in [0.1, 0.15) is 27.7 Å². The molecule has 1 nitrogen and oxygen atoms in total. The Bertz CT molecular complexity index is 100. The Balaban J connectivity index is 3.67. The molecule has 0 radical (unpaired) electrons. The third-order valence-corrected chi connectivity index (χ3v) is 5.22. The van der Waals surface area contributed by atoms with E-state index in [4.69, 9.17) is 0 Å². The quantitative estimate of drug-likeness (QED) is 0.458. The van der Waals surface area contributed by atoms with Crippen LogP contribution in [0.3, 0.4) is 0 Å². The van der Waals surface area contributed by atoms with E-state index in [0.717, 1.165) is 0 Å². The highest BCUT2D eigenvalue weighted by atomic mass is 27.2. The van der Waals surface area contributed by atoms with Gasteiger partial charge in [0.05, 0.1) is 0 Å². The third kappa shape index (κ3) is 6.59. The summed E-state index contributed by atoms with van der Waals surface area (Å²) in [6.07, 6.45) is 0. The lowest BCUT2D eigenvalue weighted by atomic mass is 10.3. The second-order valence-corrected chi connectivity index (χ2v) is 6.89. The van der Waals surface area contributed by atoms with Crippen molar-refractivity contribution >= 4 is 19.3 Å². The van der Waals surface area contributed by atoms with Crippen LogP contribution in [0.4, 0.5) is 0 Å². The van der Waals surface area contributed by atoms with Crippen LogP contribution >= 0.6 is 0 Å². The Morgan fingerprint density at radius 1 is 1.09 bits per heavy atom. The van der Waals surface area contributed by atoms with Gasteiger partial charge in [0.15, 0.2) is 0 Å². The molecule has 0 heterocycles. The van der Waals surface area contributed by atoms with Crippen molar-refractivity contribution in [2.75, 3.05) is 0 Å². The lowest BCUT2D eigenvalue weighted by Crippen LogP contribution is -2.19. The first-order chi connectivity index (χ1) is 5.06. The molecular weight excluding hydrogens is 151 g/mol. The molecule has 0 saturated carbocycles. The van der Waals surface area contributed by atoms with E-state index >= 15 is 0 Å². The van der Waals surface area contributed by atoms with Crippen molar-refractivity contribution in [1.29, 1.82) is 0 Å². The van der Waals surface area contributed by atoms with Gasteiger partial charge in [-0.2, -0.15) is 0 Å². The Morgan fingerprint density at radius 3 is 1.64 bits per heavy atom. The lowest BCUT2D eigenvalue weighted by Gasteiger charge is -2.09. The van der Waals surface area contributed by atoms with Gasteiger partial charge in [0.25, 0.3) is 0 Å². The molecule has 0 amide bonds. The summed E-state index contributed by atoms with van der Waals surface area (Å²) in [7, 11) is 0. The van der Waals surface area contributed by atoms with Crippen molar-refractivity contribution in [2.24, 2.45) is 11.8 Å². The molecule has 0 spiro atoms. The smallest absolute Gasteiger partial charge is 0.324 e. The zero-order valence-corrected chi connectivity index (χ0v) is 9.29. The van der Waals surface area contributed by atoms with Crippen LogP contribution in [0.2, 0.25) is 10.6 Å². The van der Waals surface area contributed by atoms with Crippen LogP contribution in [-0.4, -0.2) is 19.3 Å². The fourth-order valence-corrected chi connectivity index (χ4v) is 4.26. The largest absolute Gasteiger partial charge is 0.360 e. The van der Waals surface area contributed by atoms with Gasteiger partial charge in [0.2, 0.25) is 0 Å². The Labute approximate surface area is 74.6 Å². The number of hydrogen-bond acceptors (Lipinski definition) is 1. The molecule has 0 fully saturated rings. The molecule has 64 valence electrons. The maximum Gasteiger partial charge on any atom is 0.360 e. The minimum Gasteiger partial charge on any atom is -0.324 e. The van der Waals surface area contributed by atoms with Crippen LogP contribution < -0.4 is 0 Å². The first-order valence-corrected chi connectivity index (χ1v) is 6.81. The summed E-state index contributed by atoms with van der Waals surface area (Å²) in [6.45, 7) is 8.79. The van der Waals surface area contributed by atoms with Gasteiger partial charge in [-0.1, -0.05) is 50.1 Å². The van der Waals surface area contributed by atoms with E-state index < -0.39 is 14.1 Å². The van der Waals surface area contributed by atoms with Crippen LogP contribution in [0.5, 0.6) is 0 Å². The standard InChI is InChI=1S/2C4H9.CHO.Al/c2*1-4(2)3;1-2;/h2*4H,1H2,2-3H3;1H;. The second kappa shape index (κ2) is 5.80. The van der Waals surface area contributed by atoms with Crippen molar-refractivity contribution in [2.45, 2.75) is 38.3 Å². The predicted octanol–water partition coefficient (Wildman–Crippen LogP) is 2.57. The molecule has 0 aromatic heterocycles. The summed E-state index contributed by atoms with van der Waals surface area (Å²) < 4.78 is 0. The average Bonchev–Trinajstić information content (AvgIpc) is 1.84. The minimum atomic E-state index is -1.01. The highest BCUT2D eigenvalue weighted by molar-refractivity contribution is 6.84. The Hall–Kier alpha value is 0.202. The van der Waals surface area contributed by atoms with Gasteiger partial charge >= 0.3 is 14.1 Å². The number of rotatable bonds is 5. The van der Waals surface area contributed by atoms with Gasteiger partial charge in [-0.3, -0.25) is 0 Å². The molecule has 0 aliphatic heterocycles. The normalized spacial score (nSPS) is 10.7.